The number of aromatic nitrogens is 2. The van der Waals surface area contributed by atoms with Crippen molar-refractivity contribution in [3.8, 4) is 5.69 Å². The molecule has 0 spiro atoms. The highest BCUT2D eigenvalue weighted by Crippen LogP contribution is 2.46. The van der Waals surface area contributed by atoms with Crippen molar-refractivity contribution < 1.29 is 8.78 Å². The molecular formula is C28H31F2N5O. The molecule has 5 rings (SSSR count). The number of likely N-dealkylation sites (N-methyl/N-ethyl adjacent to an activating group) is 1. The summed E-state index contributed by atoms with van der Waals surface area (Å²) >= 11 is 0. The lowest BCUT2D eigenvalue weighted by Gasteiger charge is -2.33. The van der Waals surface area contributed by atoms with Gasteiger partial charge in [0.25, 0.3) is 5.56 Å². The van der Waals surface area contributed by atoms with Gasteiger partial charge in [0.05, 0.1) is 5.69 Å². The molecule has 0 amide bonds. The van der Waals surface area contributed by atoms with Crippen LogP contribution in [0, 0.1) is 17.6 Å². The van der Waals surface area contributed by atoms with Gasteiger partial charge in [-0.25, -0.2) is 13.8 Å². The summed E-state index contributed by atoms with van der Waals surface area (Å²) in [6, 6.07) is 12.7. The Bertz CT molecular complexity index is 1260. The van der Waals surface area contributed by atoms with Crippen LogP contribution >= 0.6 is 0 Å². The lowest BCUT2D eigenvalue weighted by molar-refractivity contribution is 0.311. The van der Waals surface area contributed by atoms with Crippen LogP contribution in [0.1, 0.15) is 30.0 Å². The maximum absolute atomic E-state index is 13.5. The van der Waals surface area contributed by atoms with E-state index in [1.54, 1.807) is 22.9 Å². The minimum Gasteiger partial charge on any atom is -0.349 e. The van der Waals surface area contributed by atoms with E-state index in [2.05, 4.69) is 16.9 Å². The minimum atomic E-state index is -0.337. The number of halogens is 2. The Morgan fingerprint density at radius 2 is 1.67 bits per heavy atom. The monoisotopic (exact) mass is 491 g/mol. The summed E-state index contributed by atoms with van der Waals surface area (Å²) in [7, 11) is 2.07. The van der Waals surface area contributed by atoms with Gasteiger partial charge >= 0.3 is 0 Å². The van der Waals surface area contributed by atoms with Crippen molar-refractivity contribution in [2.75, 3.05) is 44.7 Å². The Labute approximate surface area is 209 Å². The van der Waals surface area contributed by atoms with Crippen LogP contribution in [-0.2, 0) is 6.42 Å². The standard InChI is InChI=1S/C28H31F2N5O/c1-33-13-15-34(16-14-33)27-28(36)35(25-10-8-23(30)9-11-25)19-24(32-27)3-2-12-31-18-21-17-26(21)20-4-6-22(29)7-5-20/h4-11,18-19,21,26H,2-3,12-17H2,1H3/t21?,26-/m0/s1. The van der Waals surface area contributed by atoms with E-state index in [4.69, 9.17) is 4.98 Å². The van der Waals surface area contributed by atoms with Gasteiger partial charge in [-0.3, -0.25) is 14.4 Å². The Balaban J connectivity index is 1.25. The van der Waals surface area contributed by atoms with Gasteiger partial charge in [0, 0.05) is 56.7 Å². The number of aliphatic imine (C=N–C) groups is 1. The molecule has 2 aliphatic rings. The molecule has 0 radical (unpaired) electrons. The maximum Gasteiger partial charge on any atom is 0.298 e. The average Bonchev–Trinajstić information content (AvgIpc) is 3.66. The summed E-state index contributed by atoms with van der Waals surface area (Å²) < 4.78 is 28.2. The van der Waals surface area contributed by atoms with Crippen molar-refractivity contribution in [3.05, 3.63) is 88.0 Å². The van der Waals surface area contributed by atoms with E-state index < -0.39 is 0 Å². The molecule has 1 aromatic heterocycles. The minimum absolute atomic E-state index is 0.187. The molecule has 8 heteroatoms. The molecule has 36 heavy (non-hydrogen) atoms. The fourth-order valence-electron chi connectivity index (χ4n) is 4.70. The molecule has 1 aliphatic carbocycles. The molecular weight excluding hydrogens is 460 g/mol. The van der Waals surface area contributed by atoms with Crippen molar-refractivity contribution >= 4 is 12.0 Å². The van der Waals surface area contributed by atoms with Crippen LogP contribution in [0.3, 0.4) is 0 Å². The topological polar surface area (TPSA) is 53.7 Å². The van der Waals surface area contributed by atoms with E-state index in [9.17, 15) is 13.6 Å². The van der Waals surface area contributed by atoms with Crippen LogP contribution in [0.15, 0.2) is 64.5 Å². The van der Waals surface area contributed by atoms with Gasteiger partial charge in [0.1, 0.15) is 11.6 Å². The molecule has 0 bridgehead atoms. The second-order valence-corrected chi connectivity index (χ2v) is 9.71. The van der Waals surface area contributed by atoms with Crippen LogP contribution in [-0.4, -0.2) is 60.4 Å². The SMILES string of the molecule is CN1CCN(c2nc(CCCN=CC3C[C@H]3c3ccc(F)cc3)cn(-c3ccc(F)cc3)c2=O)CC1. The lowest BCUT2D eigenvalue weighted by Crippen LogP contribution is -2.47. The highest BCUT2D eigenvalue weighted by Gasteiger charge is 2.36. The molecule has 0 N–H and O–H groups in total. The molecule has 2 heterocycles. The number of nitrogens with zero attached hydrogens (tertiary/aromatic N) is 5. The first kappa shape index (κ1) is 24.3. The van der Waals surface area contributed by atoms with Gasteiger partial charge in [-0.15, -0.1) is 0 Å². The summed E-state index contributed by atoms with van der Waals surface area (Å²) in [5, 5.41) is 0. The molecule has 188 valence electrons. The number of aryl methyl sites for hydroxylation is 1. The van der Waals surface area contributed by atoms with Gasteiger partial charge in [0.15, 0.2) is 5.82 Å². The molecule has 2 fully saturated rings. The van der Waals surface area contributed by atoms with E-state index in [0.29, 0.717) is 36.3 Å². The van der Waals surface area contributed by atoms with E-state index >= 15 is 0 Å². The Kier molecular flexibility index (Phi) is 7.23. The number of rotatable bonds is 8. The van der Waals surface area contributed by atoms with Crippen molar-refractivity contribution in [2.45, 2.75) is 25.2 Å². The van der Waals surface area contributed by atoms with Crippen LogP contribution in [0.2, 0.25) is 0 Å². The molecule has 1 unspecified atom stereocenters. The largest absolute Gasteiger partial charge is 0.349 e. The molecule has 3 aromatic rings. The maximum atomic E-state index is 13.5. The molecule has 6 nitrogen and oxygen atoms in total. The third-order valence-electron chi connectivity index (χ3n) is 7.00. The van der Waals surface area contributed by atoms with Crippen molar-refractivity contribution in [1.82, 2.24) is 14.5 Å². The van der Waals surface area contributed by atoms with Crippen LogP contribution in [0.5, 0.6) is 0 Å². The summed E-state index contributed by atoms with van der Waals surface area (Å²) in [4.78, 5) is 27.0. The molecule has 1 saturated heterocycles. The molecule has 1 saturated carbocycles. The molecule has 1 aliphatic heterocycles. The van der Waals surface area contributed by atoms with E-state index in [1.165, 1.54) is 24.3 Å². The van der Waals surface area contributed by atoms with E-state index in [1.807, 2.05) is 23.2 Å². The quantitative estimate of drug-likeness (QED) is 0.352. The van der Waals surface area contributed by atoms with Gasteiger partial charge in [-0.1, -0.05) is 12.1 Å². The zero-order valence-corrected chi connectivity index (χ0v) is 20.5. The summed E-state index contributed by atoms with van der Waals surface area (Å²) in [6.07, 6.45) is 6.33. The first-order valence-electron chi connectivity index (χ1n) is 12.6. The predicted octanol–water partition coefficient (Wildman–Crippen LogP) is 4.07. The van der Waals surface area contributed by atoms with Crippen molar-refractivity contribution in [2.24, 2.45) is 10.9 Å². The summed E-state index contributed by atoms with van der Waals surface area (Å²) in [5.41, 5.74) is 2.42. The molecule has 2 aromatic carbocycles. The Morgan fingerprint density at radius 1 is 1.00 bits per heavy atom. The number of hydrogen-bond acceptors (Lipinski definition) is 5. The summed E-state index contributed by atoms with van der Waals surface area (Å²) in [6.45, 7) is 3.90. The first-order chi connectivity index (χ1) is 17.5. The van der Waals surface area contributed by atoms with Crippen LogP contribution in [0.4, 0.5) is 14.6 Å². The fourth-order valence-corrected chi connectivity index (χ4v) is 4.70. The van der Waals surface area contributed by atoms with Crippen LogP contribution in [0.25, 0.3) is 5.69 Å². The normalized spacial score (nSPS) is 20.2. The third-order valence-corrected chi connectivity index (χ3v) is 7.00. The van der Waals surface area contributed by atoms with Gasteiger partial charge in [-0.2, -0.15) is 0 Å². The zero-order valence-electron chi connectivity index (χ0n) is 20.5. The average molecular weight is 492 g/mol. The summed E-state index contributed by atoms with van der Waals surface area (Å²) in [5.74, 6) is 0.753. The second kappa shape index (κ2) is 10.7. The highest BCUT2D eigenvalue weighted by atomic mass is 19.1. The Hall–Kier alpha value is -3.39. The van der Waals surface area contributed by atoms with Gasteiger partial charge in [-0.05, 0) is 74.2 Å². The number of benzene rings is 2. The number of hydrogen-bond donors (Lipinski definition) is 0. The van der Waals surface area contributed by atoms with Crippen molar-refractivity contribution in [3.63, 3.8) is 0 Å². The number of anilines is 1. The Morgan fingerprint density at radius 3 is 2.36 bits per heavy atom. The van der Waals surface area contributed by atoms with Gasteiger partial charge in [0.2, 0.25) is 0 Å². The fraction of sp³-hybridized carbons (Fsp3) is 0.393. The lowest BCUT2D eigenvalue weighted by atomic mass is 10.1. The first-order valence-corrected chi connectivity index (χ1v) is 12.6. The van der Waals surface area contributed by atoms with Crippen molar-refractivity contribution in [1.29, 1.82) is 0 Å². The van der Waals surface area contributed by atoms with E-state index in [0.717, 1.165) is 50.3 Å². The van der Waals surface area contributed by atoms with E-state index in [-0.39, 0.29) is 17.2 Å². The zero-order chi connectivity index (χ0) is 25.1. The van der Waals surface area contributed by atoms with Crippen LogP contribution < -0.4 is 10.5 Å². The smallest absolute Gasteiger partial charge is 0.298 e. The number of piperazine rings is 1. The highest BCUT2D eigenvalue weighted by molar-refractivity contribution is 5.67. The second-order valence-electron chi connectivity index (χ2n) is 9.71. The predicted molar refractivity (Wildman–Crippen MR) is 138 cm³/mol. The van der Waals surface area contributed by atoms with Gasteiger partial charge < -0.3 is 9.80 Å². The molecule has 2 atom stereocenters. The third kappa shape index (κ3) is 5.70.